The van der Waals surface area contributed by atoms with E-state index in [9.17, 15) is 13.6 Å². The number of carbonyl (C=O) groups is 1. The Bertz CT molecular complexity index is 397. The number of halogens is 2. The molecule has 92 valence electrons. The Labute approximate surface area is 98.2 Å². The van der Waals surface area contributed by atoms with Gasteiger partial charge in [0.2, 0.25) is 5.91 Å². The van der Waals surface area contributed by atoms with Crippen LogP contribution in [0.1, 0.15) is 18.4 Å². The summed E-state index contributed by atoms with van der Waals surface area (Å²) in [4.78, 5) is 11.6. The Morgan fingerprint density at radius 2 is 2.12 bits per heavy atom. The second kappa shape index (κ2) is 5.23. The lowest BCUT2D eigenvalue weighted by Crippen LogP contribution is -2.40. The maximum absolute atomic E-state index is 13.3. The maximum atomic E-state index is 13.3. The fourth-order valence-electron chi connectivity index (χ4n) is 1.91. The largest absolute Gasteiger partial charge is 0.350 e. The number of hydrogen-bond acceptors (Lipinski definition) is 2. The molecular formula is C12H14F2N2O. The Kier molecular flexibility index (Phi) is 3.68. The summed E-state index contributed by atoms with van der Waals surface area (Å²) in [6.45, 7) is 0.696. The lowest BCUT2D eigenvalue weighted by atomic mass is 10.1. The van der Waals surface area contributed by atoms with Gasteiger partial charge in [0.15, 0.2) is 0 Å². The van der Waals surface area contributed by atoms with Gasteiger partial charge in [-0.25, -0.2) is 8.78 Å². The van der Waals surface area contributed by atoms with Crippen molar-refractivity contribution >= 4 is 5.91 Å². The minimum absolute atomic E-state index is 0.0983. The van der Waals surface area contributed by atoms with Gasteiger partial charge in [0.1, 0.15) is 11.6 Å². The molecule has 1 amide bonds. The molecule has 1 aliphatic rings. The van der Waals surface area contributed by atoms with Crippen LogP contribution in [0.15, 0.2) is 18.2 Å². The molecule has 1 aliphatic heterocycles. The van der Waals surface area contributed by atoms with Gasteiger partial charge in [-0.1, -0.05) is 6.07 Å². The number of amides is 1. The average Bonchev–Trinajstić information content (AvgIpc) is 2.81. The predicted molar refractivity (Wildman–Crippen MR) is 59.2 cm³/mol. The molecule has 2 N–H and O–H groups in total. The highest BCUT2D eigenvalue weighted by Crippen LogP contribution is 2.12. The molecule has 0 bridgehead atoms. The average molecular weight is 240 g/mol. The normalized spacial score (nSPS) is 19.3. The van der Waals surface area contributed by atoms with Gasteiger partial charge in [0.05, 0.1) is 6.04 Å². The van der Waals surface area contributed by atoms with Gasteiger partial charge in [0, 0.05) is 12.1 Å². The molecule has 1 atom stereocenters. The van der Waals surface area contributed by atoms with Crippen molar-refractivity contribution in [2.75, 3.05) is 6.54 Å². The molecule has 0 aromatic heterocycles. The first kappa shape index (κ1) is 12.0. The molecule has 1 aromatic carbocycles. The molecule has 1 saturated heterocycles. The van der Waals surface area contributed by atoms with E-state index in [-0.39, 0.29) is 24.1 Å². The molecule has 5 heteroatoms. The smallest absolute Gasteiger partial charge is 0.237 e. The maximum Gasteiger partial charge on any atom is 0.237 e. The summed E-state index contributed by atoms with van der Waals surface area (Å²) >= 11 is 0. The lowest BCUT2D eigenvalue weighted by Gasteiger charge is -2.11. The summed E-state index contributed by atoms with van der Waals surface area (Å²) in [5.74, 6) is -1.47. The van der Waals surface area contributed by atoms with Crippen LogP contribution in [-0.2, 0) is 11.3 Å². The van der Waals surface area contributed by atoms with E-state index in [1.165, 1.54) is 18.2 Å². The van der Waals surface area contributed by atoms with Gasteiger partial charge in [-0.05, 0) is 31.5 Å². The Hall–Kier alpha value is -1.49. The van der Waals surface area contributed by atoms with Crippen LogP contribution in [0.5, 0.6) is 0 Å². The van der Waals surface area contributed by atoms with Crippen molar-refractivity contribution in [3.05, 3.63) is 35.4 Å². The second-order valence-corrected chi connectivity index (χ2v) is 4.07. The highest BCUT2D eigenvalue weighted by molar-refractivity contribution is 5.81. The molecule has 3 nitrogen and oxygen atoms in total. The van der Waals surface area contributed by atoms with Crippen molar-refractivity contribution in [2.24, 2.45) is 0 Å². The predicted octanol–water partition coefficient (Wildman–Crippen LogP) is 1.33. The van der Waals surface area contributed by atoms with Gasteiger partial charge in [-0.15, -0.1) is 0 Å². The Balaban J connectivity index is 1.95. The summed E-state index contributed by atoms with van der Waals surface area (Å²) < 4.78 is 26.5. The standard InChI is InChI=1S/C12H14F2N2O/c13-9-3-1-4-10(14)8(9)7-16-12(17)11-5-2-6-15-11/h1,3-4,11,15H,2,5-7H2,(H,16,17)/t11-/m0/s1. The van der Waals surface area contributed by atoms with Gasteiger partial charge in [-0.3, -0.25) is 4.79 Å². The molecule has 0 aliphatic carbocycles. The van der Waals surface area contributed by atoms with Gasteiger partial charge in [-0.2, -0.15) is 0 Å². The number of nitrogens with one attached hydrogen (secondary N) is 2. The third-order valence-corrected chi connectivity index (χ3v) is 2.88. The van der Waals surface area contributed by atoms with E-state index in [4.69, 9.17) is 0 Å². The molecule has 2 rings (SSSR count). The second-order valence-electron chi connectivity index (χ2n) is 4.07. The number of rotatable bonds is 3. The van der Waals surface area contributed by atoms with E-state index in [2.05, 4.69) is 10.6 Å². The zero-order valence-electron chi connectivity index (χ0n) is 9.30. The van der Waals surface area contributed by atoms with Crippen molar-refractivity contribution in [1.29, 1.82) is 0 Å². The summed E-state index contributed by atoms with van der Waals surface area (Å²) in [5.41, 5.74) is -0.0983. The lowest BCUT2D eigenvalue weighted by molar-refractivity contribution is -0.122. The Morgan fingerprint density at radius 1 is 1.41 bits per heavy atom. The van der Waals surface area contributed by atoms with E-state index in [1.807, 2.05) is 0 Å². The fraction of sp³-hybridized carbons (Fsp3) is 0.417. The van der Waals surface area contributed by atoms with Crippen LogP contribution in [-0.4, -0.2) is 18.5 Å². The SMILES string of the molecule is O=C(NCc1c(F)cccc1F)[C@@H]1CCCN1. The van der Waals surface area contributed by atoms with E-state index >= 15 is 0 Å². The van der Waals surface area contributed by atoms with Gasteiger partial charge in [0.25, 0.3) is 0 Å². The molecule has 1 fully saturated rings. The van der Waals surface area contributed by atoms with Crippen LogP contribution in [0, 0.1) is 11.6 Å². The van der Waals surface area contributed by atoms with Crippen LogP contribution in [0.2, 0.25) is 0 Å². The van der Waals surface area contributed by atoms with Gasteiger partial charge < -0.3 is 10.6 Å². The molecule has 0 saturated carbocycles. The van der Waals surface area contributed by atoms with E-state index < -0.39 is 11.6 Å². The van der Waals surface area contributed by atoms with Crippen molar-refractivity contribution in [3.8, 4) is 0 Å². The monoisotopic (exact) mass is 240 g/mol. The summed E-state index contributed by atoms with van der Waals surface area (Å²) in [5, 5.41) is 5.56. The molecule has 0 spiro atoms. The molecule has 0 unspecified atom stereocenters. The molecular weight excluding hydrogens is 226 g/mol. The Morgan fingerprint density at radius 3 is 2.71 bits per heavy atom. The van der Waals surface area contributed by atoms with Crippen molar-refractivity contribution in [1.82, 2.24) is 10.6 Å². The first-order valence-electron chi connectivity index (χ1n) is 5.62. The summed E-state index contributed by atoms with van der Waals surface area (Å²) in [6, 6.07) is 3.43. The third kappa shape index (κ3) is 2.79. The summed E-state index contributed by atoms with van der Waals surface area (Å²) in [6.07, 6.45) is 1.72. The first-order valence-corrected chi connectivity index (χ1v) is 5.62. The van der Waals surface area contributed by atoms with Crippen LogP contribution in [0.4, 0.5) is 8.78 Å². The summed E-state index contributed by atoms with van der Waals surface area (Å²) in [7, 11) is 0. The fourth-order valence-corrected chi connectivity index (χ4v) is 1.91. The minimum Gasteiger partial charge on any atom is -0.350 e. The van der Waals surface area contributed by atoms with Crippen molar-refractivity contribution in [2.45, 2.75) is 25.4 Å². The van der Waals surface area contributed by atoms with Crippen LogP contribution < -0.4 is 10.6 Å². The molecule has 1 aromatic rings. The molecule has 1 heterocycles. The quantitative estimate of drug-likeness (QED) is 0.837. The zero-order valence-corrected chi connectivity index (χ0v) is 9.30. The van der Waals surface area contributed by atoms with E-state index in [1.54, 1.807) is 0 Å². The number of hydrogen-bond donors (Lipinski definition) is 2. The zero-order chi connectivity index (χ0) is 12.3. The van der Waals surface area contributed by atoms with Crippen LogP contribution in [0.25, 0.3) is 0 Å². The van der Waals surface area contributed by atoms with Crippen LogP contribution >= 0.6 is 0 Å². The minimum atomic E-state index is -0.635. The highest BCUT2D eigenvalue weighted by Gasteiger charge is 2.22. The van der Waals surface area contributed by atoms with Crippen molar-refractivity contribution in [3.63, 3.8) is 0 Å². The molecule has 0 radical (unpaired) electrons. The van der Waals surface area contributed by atoms with Crippen LogP contribution in [0.3, 0.4) is 0 Å². The van der Waals surface area contributed by atoms with Crippen molar-refractivity contribution < 1.29 is 13.6 Å². The van der Waals surface area contributed by atoms with Gasteiger partial charge >= 0.3 is 0 Å². The third-order valence-electron chi connectivity index (χ3n) is 2.88. The van der Waals surface area contributed by atoms with E-state index in [0.29, 0.717) is 0 Å². The number of carbonyl (C=O) groups excluding carboxylic acids is 1. The first-order chi connectivity index (χ1) is 8.18. The number of benzene rings is 1. The topological polar surface area (TPSA) is 41.1 Å². The van der Waals surface area contributed by atoms with E-state index in [0.717, 1.165) is 19.4 Å². The molecule has 17 heavy (non-hydrogen) atoms. The highest BCUT2D eigenvalue weighted by atomic mass is 19.1.